The fraction of sp³-hybridized carbons (Fsp3) is 0.281. The molecule has 1 aliphatic heterocycles. The van der Waals surface area contributed by atoms with Gasteiger partial charge in [0.2, 0.25) is 0 Å². The summed E-state index contributed by atoms with van der Waals surface area (Å²) in [6.07, 6.45) is 12.4. The lowest BCUT2D eigenvalue weighted by molar-refractivity contribution is 0.0899. The SMILES string of the molecule is Cn1cc(-c2cc(-c3ccc(N4C[C@@H]5CC(C)(NC(=O)c6ncccc6C#N)C[C@@H]5C4)nc3)c3c(C#N)cnn3c2)cn1. The van der Waals surface area contributed by atoms with E-state index >= 15 is 0 Å². The van der Waals surface area contributed by atoms with Crippen LogP contribution in [0.1, 0.15) is 41.4 Å². The summed E-state index contributed by atoms with van der Waals surface area (Å²) in [6, 6.07) is 13.7. The van der Waals surface area contributed by atoms with Gasteiger partial charge >= 0.3 is 0 Å². The minimum Gasteiger partial charge on any atom is -0.356 e. The normalized spacial score (nSPS) is 21.0. The van der Waals surface area contributed by atoms with Crippen molar-refractivity contribution in [3.63, 3.8) is 0 Å². The maximum absolute atomic E-state index is 13.0. The number of pyridine rings is 3. The van der Waals surface area contributed by atoms with Crippen LogP contribution in [0.4, 0.5) is 5.82 Å². The third-order valence-corrected chi connectivity index (χ3v) is 8.71. The number of carbonyl (C=O) groups is 1. The van der Waals surface area contributed by atoms with Crippen molar-refractivity contribution < 1.29 is 4.79 Å². The van der Waals surface area contributed by atoms with Gasteiger partial charge in [0.1, 0.15) is 23.7 Å². The van der Waals surface area contributed by atoms with E-state index in [4.69, 9.17) is 4.98 Å². The molecule has 43 heavy (non-hydrogen) atoms. The van der Waals surface area contributed by atoms with E-state index in [2.05, 4.69) is 56.6 Å². The van der Waals surface area contributed by atoms with E-state index in [0.717, 1.165) is 59.5 Å². The van der Waals surface area contributed by atoms with Crippen LogP contribution in [0.5, 0.6) is 0 Å². The number of nitrogens with one attached hydrogen (secondary N) is 1. The van der Waals surface area contributed by atoms with Gasteiger partial charge in [-0.3, -0.25) is 9.48 Å². The fourth-order valence-corrected chi connectivity index (χ4v) is 6.82. The number of aryl methyl sites for hydroxylation is 1. The summed E-state index contributed by atoms with van der Waals surface area (Å²) < 4.78 is 3.50. The molecule has 212 valence electrons. The predicted molar refractivity (Wildman–Crippen MR) is 159 cm³/mol. The highest BCUT2D eigenvalue weighted by molar-refractivity contribution is 5.95. The Kier molecular flexibility index (Phi) is 6.17. The maximum atomic E-state index is 13.0. The second-order valence-electron chi connectivity index (χ2n) is 11.8. The highest BCUT2D eigenvalue weighted by atomic mass is 16.2. The number of amides is 1. The lowest BCUT2D eigenvalue weighted by atomic mass is 9.97. The first-order chi connectivity index (χ1) is 20.8. The molecular formula is C32H28N10O. The molecule has 7 rings (SSSR count). The first kappa shape index (κ1) is 26.4. The van der Waals surface area contributed by atoms with Crippen molar-refractivity contribution in [2.24, 2.45) is 18.9 Å². The van der Waals surface area contributed by atoms with E-state index < -0.39 is 0 Å². The first-order valence-electron chi connectivity index (χ1n) is 14.1. The molecule has 0 spiro atoms. The Morgan fingerprint density at radius 3 is 2.42 bits per heavy atom. The molecule has 2 fully saturated rings. The summed E-state index contributed by atoms with van der Waals surface area (Å²) in [7, 11) is 1.88. The number of anilines is 1. The van der Waals surface area contributed by atoms with Gasteiger partial charge in [0.05, 0.1) is 29.0 Å². The summed E-state index contributed by atoms with van der Waals surface area (Å²) in [5.41, 5.74) is 5.04. The molecule has 2 aliphatic rings. The number of rotatable bonds is 5. The van der Waals surface area contributed by atoms with Gasteiger partial charge in [-0.05, 0) is 61.9 Å². The lowest BCUT2D eigenvalue weighted by Gasteiger charge is -2.28. The third-order valence-electron chi connectivity index (χ3n) is 8.71. The van der Waals surface area contributed by atoms with Crippen molar-refractivity contribution in [3.05, 3.63) is 84.3 Å². The van der Waals surface area contributed by atoms with Crippen molar-refractivity contribution in [1.29, 1.82) is 10.5 Å². The Labute approximate surface area is 248 Å². The molecule has 1 saturated carbocycles. The zero-order chi connectivity index (χ0) is 29.7. The molecule has 0 aromatic carbocycles. The Hall–Kier alpha value is -5.55. The van der Waals surface area contributed by atoms with Gasteiger partial charge < -0.3 is 10.2 Å². The molecule has 3 atom stereocenters. The van der Waals surface area contributed by atoms with Crippen LogP contribution >= 0.6 is 0 Å². The average Bonchev–Trinajstić information content (AvgIpc) is 3.79. The molecule has 6 heterocycles. The Morgan fingerprint density at radius 1 is 0.953 bits per heavy atom. The number of nitriles is 2. The molecule has 1 aliphatic carbocycles. The minimum atomic E-state index is -0.353. The number of hydrogen-bond acceptors (Lipinski definition) is 8. The first-order valence-corrected chi connectivity index (χ1v) is 14.1. The van der Waals surface area contributed by atoms with E-state index in [-0.39, 0.29) is 22.7 Å². The molecule has 11 nitrogen and oxygen atoms in total. The van der Waals surface area contributed by atoms with Crippen LogP contribution in [0.2, 0.25) is 0 Å². The van der Waals surface area contributed by atoms with Gasteiger partial charge in [-0.15, -0.1) is 0 Å². The van der Waals surface area contributed by atoms with Crippen LogP contribution in [0.15, 0.2) is 67.5 Å². The second-order valence-corrected chi connectivity index (χ2v) is 11.8. The highest BCUT2D eigenvalue weighted by Crippen LogP contribution is 2.45. The highest BCUT2D eigenvalue weighted by Gasteiger charge is 2.47. The molecule has 1 unspecified atom stereocenters. The van der Waals surface area contributed by atoms with E-state index in [9.17, 15) is 15.3 Å². The van der Waals surface area contributed by atoms with Crippen molar-refractivity contribution in [2.75, 3.05) is 18.0 Å². The van der Waals surface area contributed by atoms with Gasteiger partial charge in [-0.25, -0.2) is 14.5 Å². The molecule has 1 amide bonds. The molecule has 0 bridgehead atoms. The molecule has 5 aromatic rings. The van der Waals surface area contributed by atoms with Crippen molar-refractivity contribution >= 4 is 17.2 Å². The summed E-state index contributed by atoms with van der Waals surface area (Å²) in [6.45, 7) is 3.80. The zero-order valence-electron chi connectivity index (χ0n) is 23.8. The van der Waals surface area contributed by atoms with Crippen molar-refractivity contribution in [2.45, 2.75) is 25.3 Å². The number of fused-ring (bicyclic) bond motifs is 2. The third kappa shape index (κ3) is 4.65. The minimum absolute atomic E-state index is 0.176. The number of aromatic nitrogens is 6. The summed E-state index contributed by atoms with van der Waals surface area (Å²) in [5.74, 6) is 1.45. The van der Waals surface area contributed by atoms with E-state index in [0.29, 0.717) is 17.4 Å². The van der Waals surface area contributed by atoms with Crippen molar-refractivity contribution in [1.82, 2.24) is 34.7 Å². The average molecular weight is 569 g/mol. The fourth-order valence-electron chi connectivity index (χ4n) is 6.82. The number of carbonyl (C=O) groups excluding carboxylic acids is 1. The van der Waals surface area contributed by atoms with Gasteiger partial charge in [-0.1, -0.05) is 0 Å². The molecule has 1 N–H and O–H groups in total. The van der Waals surface area contributed by atoms with Crippen LogP contribution in [0.3, 0.4) is 0 Å². The van der Waals surface area contributed by atoms with Crippen LogP contribution in [-0.4, -0.2) is 53.9 Å². The Balaban J connectivity index is 1.09. The van der Waals surface area contributed by atoms with Crippen LogP contribution in [0, 0.1) is 34.5 Å². The largest absolute Gasteiger partial charge is 0.356 e. The lowest BCUT2D eigenvalue weighted by Crippen LogP contribution is -2.45. The van der Waals surface area contributed by atoms with Crippen LogP contribution < -0.4 is 10.2 Å². The van der Waals surface area contributed by atoms with Crippen molar-refractivity contribution in [3.8, 4) is 34.4 Å². The zero-order valence-corrected chi connectivity index (χ0v) is 23.8. The summed E-state index contributed by atoms with van der Waals surface area (Å²) in [5, 5.41) is 31.0. The summed E-state index contributed by atoms with van der Waals surface area (Å²) in [4.78, 5) is 24.3. The smallest absolute Gasteiger partial charge is 0.271 e. The monoisotopic (exact) mass is 568 g/mol. The summed E-state index contributed by atoms with van der Waals surface area (Å²) >= 11 is 0. The topological polar surface area (TPSA) is 141 Å². The quantitative estimate of drug-likeness (QED) is 0.336. The Morgan fingerprint density at radius 2 is 1.74 bits per heavy atom. The van der Waals surface area contributed by atoms with E-state index in [1.807, 2.05) is 37.9 Å². The number of hydrogen-bond donors (Lipinski definition) is 1. The van der Waals surface area contributed by atoms with Gasteiger partial charge in [0.15, 0.2) is 0 Å². The van der Waals surface area contributed by atoms with Gasteiger partial charge in [-0.2, -0.15) is 20.7 Å². The van der Waals surface area contributed by atoms with Crippen LogP contribution in [0.25, 0.3) is 27.8 Å². The van der Waals surface area contributed by atoms with Crippen LogP contribution in [-0.2, 0) is 7.05 Å². The molecule has 11 heteroatoms. The second kappa shape index (κ2) is 10.1. The van der Waals surface area contributed by atoms with E-state index in [1.54, 1.807) is 27.5 Å². The van der Waals surface area contributed by atoms with Gasteiger partial charge in [0.25, 0.3) is 5.91 Å². The van der Waals surface area contributed by atoms with E-state index in [1.165, 1.54) is 6.20 Å². The predicted octanol–water partition coefficient (Wildman–Crippen LogP) is 3.97. The standard InChI is InChI=1S/C32H28N10O/c1-32(39-31(43)29-20(11-33)4-3-7-35-29)9-23-17-41(18-24(23)10-32)28-6-5-21(13-36-28)27-8-22(26-15-37-40(2)16-26)19-42-30(27)25(12-34)14-38-42/h3-8,13-16,19,23-24H,9-10,17-18H2,1-2H3,(H,39,43)/t23-,24+,32?. The van der Waals surface area contributed by atoms with Gasteiger partial charge in [0, 0.05) is 72.7 Å². The molecular weight excluding hydrogens is 540 g/mol. The Bertz CT molecular complexity index is 1940. The maximum Gasteiger partial charge on any atom is 0.271 e. The number of nitrogens with zero attached hydrogens (tertiary/aromatic N) is 9. The molecule has 1 saturated heterocycles. The molecule has 5 aromatic heterocycles. The molecule has 0 radical (unpaired) electrons.